The lowest BCUT2D eigenvalue weighted by Crippen LogP contribution is -2.48. The number of thiophene rings is 1. The van der Waals surface area contributed by atoms with Gasteiger partial charge in [-0.25, -0.2) is 4.68 Å². The Labute approximate surface area is 210 Å². The van der Waals surface area contributed by atoms with Crippen molar-refractivity contribution in [3.8, 4) is 5.75 Å². The molecule has 3 heterocycles. The first kappa shape index (κ1) is 24.3. The summed E-state index contributed by atoms with van der Waals surface area (Å²) in [6.07, 6.45) is 0. The number of benzene rings is 2. The van der Waals surface area contributed by atoms with Crippen molar-refractivity contribution in [1.82, 2.24) is 30.0 Å². The van der Waals surface area contributed by atoms with E-state index >= 15 is 0 Å². The largest absolute Gasteiger partial charge is 0.496 e. The number of para-hydroxylation sites is 1. The summed E-state index contributed by atoms with van der Waals surface area (Å²) in [7, 11) is 1.74. The molecule has 2 aromatic heterocycles. The van der Waals surface area contributed by atoms with Crippen LogP contribution in [0.15, 0.2) is 72.1 Å². The molecule has 0 amide bonds. The van der Waals surface area contributed by atoms with Crippen molar-refractivity contribution >= 4 is 23.7 Å². The lowest BCUT2D eigenvalue weighted by molar-refractivity contribution is 0.0997. The van der Waals surface area contributed by atoms with Crippen LogP contribution in [0.4, 0.5) is 0 Å². The minimum absolute atomic E-state index is 0. The third-order valence-corrected chi connectivity index (χ3v) is 7.02. The molecule has 7 nitrogen and oxygen atoms in total. The van der Waals surface area contributed by atoms with E-state index in [0.717, 1.165) is 44.3 Å². The zero-order valence-electron chi connectivity index (χ0n) is 19.2. The topological polar surface area (TPSA) is 59.3 Å². The van der Waals surface area contributed by atoms with E-state index in [0.29, 0.717) is 6.54 Å². The first-order valence-electron chi connectivity index (χ1n) is 11.2. The van der Waals surface area contributed by atoms with Gasteiger partial charge < -0.3 is 4.74 Å². The molecule has 5 rings (SSSR count). The Bertz CT molecular complexity index is 1150. The third-order valence-electron chi connectivity index (χ3n) is 6.16. The molecule has 4 aromatic rings. The van der Waals surface area contributed by atoms with Gasteiger partial charge in [0.1, 0.15) is 5.75 Å². The number of halogens is 1. The molecule has 0 bridgehead atoms. The highest BCUT2D eigenvalue weighted by molar-refractivity contribution is 7.09. The molecule has 1 saturated heterocycles. The molecule has 1 aliphatic rings. The van der Waals surface area contributed by atoms with Gasteiger partial charge in [-0.2, -0.15) is 0 Å². The molecular weight excluding hydrogens is 468 g/mol. The second-order valence-electron chi connectivity index (χ2n) is 8.21. The van der Waals surface area contributed by atoms with Crippen molar-refractivity contribution < 1.29 is 4.74 Å². The van der Waals surface area contributed by atoms with E-state index in [1.54, 1.807) is 18.4 Å². The van der Waals surface area contributed by atoms with Crippen LogP contribution >= 0.6 is 23.7 Å². The molecule has 0 N–H and O–H groups in total. The number of hydrogen-bond donors (Lipinski definition) is 0. The van der Waals surface area contributed by atoms with Crippen LogP contribution in [0.5, 0.6) is 5.75 Å². The molecule has 0 spiro atoms. The van der Waals surface area contributed by atoms with Crippen molar-refractivity contribution in [3.63, 3.8) is 0 Å². The Hall–Kier alpha value is -2.78. The summed E-state index contributed by atoms with van der Waals surface area (Å²) in [5.74, 6) is 1.85. The summed E-state index contributed by atoms with van der Waals surface area (Å²) in [5.41, 5.74) is 2.45. The fraction of sp³-hybridized carbons (Fsp3) is 0.320. The number of rotatable bonds is 8. The molecule has 2 aromatic carbocycles. The summed E-state index contributed by atoms with van der Waals surface area (Å²) in [6, 6.07) is 23.1. The summed E-state index contributed by atoms with van der Waals surface area (Å²) in [5, 5.41) is 15.0. The standard InChI is InChI=1S/C25H28N6OS.ClH/c1-32-23-12-6-5-10-21(23)18-29-13-15-30(16-14-29)24(20-8-3-2-4-9-20)25-26-27-28-31(25)19-22-11-7-17-33-22;/h2-12,17,24H,13-16,18-19H2,1H3;1H. The summed E-state index contributed by atoms with van der Waals surface area (Å²) >= 11 is 1.73. The van der Waals surface area contributed by atoms with Gasteiger partial charge in [-0.1, -0.05) is 54.6 Å². The Kier molecular flexibility index (Phi) is 8.29. The number of ether oxygens (including phenoxy) is 1. The average Bonchev–Trinajstić information content (AvgIpc) is 3.54. The minimum Gasteiger partial charge on any atom is -0.496 e. The minimum atomic E-state index is 0. The van der Waals surface area contributed by atoms with Gasteiger partial charge in [0, 0.05) is 43.2 Å². The smallest absolute Gasteiger partial charge is 0.173 e. The molecule has 34 heavy (non-hydrogen) atoms. The van der Waals surface area contributed by atoms with E-state index in [1.165, 1.54) is 16.0 Å². The maximum atomic E-state index is 5.55. The lowest BCUT2D eigenvalue weighted by Gasteiger charge is -2.39. The highest BCUT2D eigenvalue weighted by atomic mass is 35.5. The maximum absolute atomic E-state index is 5.55. The molecular formula is C25H29ClN6OS. The molecule has 1 unspecified atom stereocenters. The Morgan fingerprint density at radius 3 is 2.41 bits per heavy atom. The lowest BCUT2D eigenvalue weighted by atomic mass is 10.0. The predicted molar refractivity (Wildman–Crippen MR) is 137 cm³/mol. The molecule has 9 heteroatoms. The fourth-order valence-electron chi connectivity index (χ4n) is 4.48. The molecule has 1 aliphatic heterocycles. The molecule has 0 radical (unpaired) electrons. The van der Waals surface area contributed by atoms with Crippen molar-refractivity contribution in [3.05, 3.63) is 93.9 Å². The maximum Gasteiger partial charge on any atom is 0.173 e. The number of hydrogen-bond acceptors (Lipinski definition) is 7. The predicted octanol–water partition coefficient (Wildman–Crippen LogP) is 4.12. The quantitative estimate of drug-likeness (QED) is 0.366. The van der Waals surface area contributed by atoms with E-state index in [2.05, 4.69) is 85.3 Å². The van der Waals surface area contributed by atoms with E-state index in [1.807, 2.05) is 16.8 Å². The second kappa shape index (κ2) is 11.6. The summed E-state index contributed by atoms with van der Waals surface area (Å²) < 4.78 is 7.50. The van der Waals surface area contributed by atoms with Crippen LogP contribution in [0.25, 0.3) is 0 Å². The van der Waals surface area contributed by atoms with E-state index in [9.17, 15) is 0 Å². The number of nitrogens with zero attached hydrogens (tertiary/aromatic N) is 6. The van der Waals surface area contributed by atoms with Gasteiger partial charge in [-0.15, -0.1) is 28.8 Å². The van der Waals surface area contributed by atoms with Crippen molar-refractivity contribution in [1.29, 1.82) is 0 Å². The van der Waals surface area contributed by atoms with Crippen molar-refractivity contribution in [2.24, 2.45) is 0 Å². The van der Waals surface area contributed by atoms with E-state index < -0.39 is 0 Å². The van der Waals surface area contributed by atoms with Gasteiger partial charge in [0.2, 0.25) is 0 Å². The van der Waals surface area contributed by atoms with Gasteiger partial charge in [-0.05, 0) is 33.5 Å². The van der Waals surface area contributed by atoms with Crippen molar-refractivity contribution in [2.75, 3.05) is 33.3 Å². The first-order chi connectivity index (χ1) is 16.3. The molecule has 0 aliphatic carbocycles. The normalized spacial score (nSPS) is 15.6. The van der Waals surface area contributed by atoms with Crippen LogP contribution in [0.2, 0.25) is 0 Å². The number of aromatic nitrogens is 4. The molecule has 178 valence electrons. The number of methoxy groups -OCH3 is 1. The van der Waals surface area contributed by atoms with Crippen LogP contribution in [-0.4, -0.2) is 63.3 Å². The first-order valence-corrected chi connectivity index (χ1v) is 12.1. The van der Waals surface area contributed by atoms with Crippen LogP contribution in [0.3, 0.4) is 0 Å². The monoisotopic (exact) mass is 496 g/mol. The van der Waals surface area contributed by atoms with Gasteiger partial charge in [0.25, 0.3) is 0 Å². The Morgan fingerprint density at radius 2 is 1.68 bits per heavy atom. The zero-order valence-corrected chi connectivity index (χ0v) is 20.8. The number of tetrazole rings is 1. The zero-order chi connectivity index (χ0) is 22.5. The van der Waals surface area contributed by atoms with Crippen LogP contribution in [0, 0.1) is 0 Å². The van der Waals surface area contributed by atoms with Gasteiger partial charge in [-0.3, -0.25) is 9.80 Å². The number of piperazine rings is 1. The van der Waals surface area contributed by atoms with E-state index in [-0.39, 0.29) is 18.4 Å². The second-order valence-corrected chi connectivity index (χ2v) is 9.24. The highest BCUT2D eigenvalue weighted by Crippen LogP contribution is 2.29. The van der Waals surface area contributed by atoms with Gasteiger partial charge >= 0.3 is 0 Å². The fourth-order valence-corrected chi connectivity index (χ4v) is 5.17. The SMILES string of the molecule is COc1ccccc1CN1CCN(C(c2ccccc2)c2nnnn2Cc2cccs2)CC1.Cl. The van der Waals surface area contributed by atoms with Crippen LogP contribution < -0.4 is 4.74 Å². The van der Waals surface area contributed by atoms with Crippen molar-refractivity contribution in [2.45, 2.75) is 19.1 Å². The Morgan fingerprint density at radius 1 is 0.912 bits per heavy atom. The molecule has 0 saturated carbocycles. The average molecular weight is 497 g/mol. The van der Waals surface area contributed by atoms with Crippen LogP contribution in [0.1, 0.15) is 27.9 Å². The Balaban J connectivity index is 0.00000274. The third kappa shape index (κ3) is 5.47. The highest BCUT2D eigenvalue weighted by Gasteiger charge is 2.30. The summed E-state index contributed by atoms with van der Waals surface area (Å²) in [4.78, 5) is 6.24. The van der Waals surface area contributed by atoms with Gasteiger partial charge in [0.15, 0.2) is 5.82 Å². The molecule has 1 fully saturated rings. The summed E-state index contributed by atoms with van der Waals surface area (Å²) in [6.45, 7) is 5.43. The molecule has 1 atom stereocenters. The van der Waals surface area contributed by atoms with Crippen LogP contribution in [-0.2, 0) is 13.1 Å². The van der Waals surface area contributed by atoms with Gasteiger partial charge in [0.05, 0.1) is 19.7 Å². The van der Waals surface area contributed by atoms with E-state index in [4.69, 9.17) is 4.74 Å².